The Balaban J connectivity index is -0.000000667. The van der Waals surface area contributed by atoms with E-state index in [9.17, 15) is 9.59 Å². The third-order valence-electron chi connectivity index (χ3n) is 2.81. The summed E-state index contributed by atoms with van der Waals surface area (Å²) < 4.78 is 5.33. The summed E-state index contributed by atoms with van der Waals surface area (Å²) in [6.45, 7) is 9.40. The second-order valence-corrected chi connectivity index (χ2v) is 5.18. The Morgan fingerprint density at radius 2 is 1.57 bits per heavy atom. The summed E-state index contributed by atoms with van der Waals surface area (Å²) in [5, 5.41) is 8.78. The molecule has 2 amide bonds. The molecule has 6 heteroatoms. The standard InChI is InChI=1S/C15H31N3O3.3H2/c1-4-16-9-10-17-14(19)7-5-6-8-15(20)18-11-12-21-13(2)3;;;/h13,16H,4-12H2,1-3H3,(H,17,19)(H,18,20);3*1H. The van der Waals surface area contributed by atoms with E-state index in [1.165, 1.54) is 0 Å². The van der Waals surface area contributed by atoms with Crippen LogP contribution in [0.15, 0.2) is 0 Å². The van der Waals surface area contributed by atoms with Gasteiger partial charge in [0.1, 0.15) is 0 Å². The van der Waals surface area contributed by atoms with Crippen molar-refractivity contribution in [2.75, 3.05) is 32.8 Å². The molecule has 0 saturated carbocycles. The van der Waals surface area contributed by atoms with Crippen molar-refractivity contribution in [2.24, 2.45) is 0 Å². The highest BCUT2D eigenvalue weighted by Gasteiger charge is 2.03. The van der Waals surface area contributed by atoms with Gasteiger partial charge in [-0.3, -0.25) is 9.59 Å². The maximum Gasteiger partial charge on any atom is 0.220 e. The molecule has 0 aromatic carbocycles. The Bertz CT molecular complexity index is 296. The van der Waals surface area contributed by atoms with Gasteiger partial charge in [-0.25, -0.2) is 0 Å². The summed E-state index contributed by atoms with van der Waals surface area (Å²) in [6.07, 6.45) is 2.61. The highest BCUT2D eigenvalue weighted by atomic mass is 16.5. The molecule has 3 N–H and O–H groups in total. The molecule has 0 aliphatic rings. The van der Waals surface area contributed by atoms with Crippen LogP contribution in [0.4, 0.5) is 0 Å². The lowest BCUT2D eigenvalue weighted by atomic mass is 10.2. The zero-order chi connectivity index (χ0) is 15.9. The monoisotopic (exact) mass is 307 g/mol. The van der Waals surface area contributed by atoms with Gasteiger partial charge in [-0.2, -0.15) is 0 Å². The van der Waals surface area contributed by atoms with Crippen LogP contribution in [0.1, 0.15) is 50.7 Å². The van der Waals surface area contributed by atoms with Crippen LogP contribution < -0.4 is 16.0 Å². The number of ether oxygens (including phenoxy) is 1. The lowest BCUT2D eigenvalue weighted by Gasteiger charge is -2.08. The molecule has 0 bridgehead atoms. The summed E-state index contributed by atoms with van der Waals surface area (Å²) in [5.41, 5.74) is 0. The Morgan fingerprint density at radius 3 is 2.10 bits per heavy atom. The summed E-state index contributed by atoms with van der Waals surface area (Å²) in [7, 11) is 0. The number of carbonyl (C=O) groups is 2. The van der Waals surface area contributed by atoms with E-state index in [0.29, 0.717) is 32.5 Å². The molecule has 0 heterocycles. The predicted octanol–water partition coefficient (Wildman–Crippen LogP) is 1.55. The van der Waals surface area contributed by atoms with Crippen molar-refractivity contribution in [3.8, 4) is 0 Å². The van der Waals surface area contributed by atoms with Gasteiger partial charge in [0.25, 0.3) is 0 Å². The fourth-order valence-electron chi connectivity index (χ4n) is 1.70. The van der Waals surface area contributed by atoms with Gasteiger partial charge < -0.3 is 20.7 Å². The van der Waals surface area contributed by atoms with E-state index < -0.39 is 0 Å². The lowest BCUT2D eigenvalue weighted by molar-refractivity contribution is -0.123. The van der Waals surface area contributed by atoms with Crippen molar-refractivity contribution in [3.63, 3.8) is 0 Å². The number of rotatable bonds is 13. The maximum absolute atomic E-state index is 11.5. The van der Waals surface area contributed by atoms with Gasteiger partial charge >= 0.3 is 0 Å². The van der Waals surface area contributed by atoms with Gasteiger partial charge in [0, 0.05) is 36.8 Å². The van der Waals surface area contributed by atoms with Gasteiger partial charge in [-0.1, -0.05) is 6.92 Å². The molecule has 0 atom stereocenters. The molecule has 0 radical (unpaired) electrons. The van der Waals surface area contributed by atoms with Gasteiger partial charge in [-0.05, 0) is 33.2 Å². The zero-order valence-corrected chi connectivity index (χ0v) is 13.7. The summed E-state index contributed by atoms with van der Waals surface area (Å²) in [6, 6.07) is 0. The molecule has 130 valence electrons. The summed E-state index contributed by atoms with van der Waals surface area (Å²) in [4.78, 5) is 23.0. The van der Waals surface area contributed by atoms with Crippen LogP contribution in [0.25, 0.3) is 0 Å². The zero-order valence-electron chi connectivity index (χ0n) is 13.7. The number of carbonyl (C=O) groups excluding carboxylic acids is 2. The van der Waals surface area contributed by atoms with Crippen molar-refractivity contribution in [2.45, 2.75) is 52.6 Å². The molecule has 0 saturated heterocycles. The number of nitrogens with one attached hydrogen (secondary N) is 3. The highest BCUT2D eigenvalue weighted by molar-refractivity contribution is 5.77. The number of hydrogen-bond donors (Lipinski definition) is 3. The van der Waals surface area contributed by atoms with Crippen molar-refractivity contribution >= 4 is 11.8 Å². The van der Waals surface area contributed by atoms with Crippen LogP contribution in [0, 0.1) is 0 Å². The number of likely N-dealkylation sites (N-methyl/N-ethyl adjacent to an activating group) is 1. The summed E-state index contributed by atoms with van der Waals surface area (Å²) in [5.74, 6) is 0.0774. The smallest absolute Gasteiger partial charge is 0.220 e. The third kappa shape index (κ3) is 15.1. The Morgan fingerprint density at radius 1 is 1.00 bits per heavy atom. The minimum atomic E-state index is 0. The molecule has 0 aliphatic heterocycles. The lowest BCUT2D eigenvalue weighted by Crippen LogP contribution is -2.31. The topological polar surface area (TPSA) is 79.5 Å². The number of hydrogen-bond acceptors (Lipinski definition) is 4. The molecule has 0 fully saturated rings. The van der Waals surface area contributed by atoms with Gasteiger partial charge in [-0.15, -0.1) is 0 Å². The van der Waals surface area contributed by atoms with E-state index >= 15 is 0 Å². The van der Waals surface area contributed by atoms with Crippen LogP contribution in [-0.2, 0) is 14.3 Å². The molecule has 0 aromatic rings. The normalized spacial score (nSPS) is 10.7. The summed E-state index contributed by atoms with van der Waals surface area (Å²) >= 11 is 0. The van der Waals surface area contributed by atoms with E-state index in [0.717, 1.165) is 25.9 Å². The first-order valence-corrected chi connectivity index (χ1v) is 7.92. The second kappa shape index (κ2) is 13.8. The molecule has 21 heavy (non-hydrogen) atoms. The molecule has 0 aromatic heterocycles. The van der Waals surface area contributed by atoms with Crippen molar-refractivity contribution < 1.29 is 18.6 Å². The third-order valence-corrected chi connectivity index (χ3v) is 2.81. The van der Waals surface area contributed by atoms with Gasteiger partial charge in [0.15, 0.2) is 0 Å². The Labute approximate surface area is 132 Å². The average molecular weight is 307 g/mol. The maximum atomic E-state index is 11.5. The van der Waals surface area contributed by atoms with E-state index in [1.54, 1.807) is 0 Å². The van der Waals surface area contributed by atoms with Gasteiger partial charge in [0.2, 0.25) is 11.8 Å². The van der Waals surface area contributed by atoms with Crippen LogP contribution >= 0.6 is 0 Å². The first kappa shape index (κ1) is 19.9. The highest BCUT2D eigenvalue weighted by Crippen LogP contribution is 1.99. The van der Waals surface area contributed by atoms with E-state index in [2.05, 4.69) is 16.0 Å². The fourth-order valence-corrected chi connectivity index (χ4v) is 1.70. The van der Waals surface area contributed by atoms with E-state index in [1.807, 2.05) is 20.8 Å². The quantitative estimate of drug-likeness (QED) is 0.451. The average Bonchev–Trinajstić information content (AvgIpc) is 2.44. The number of unbranched alkanes of at least 4 members (excludes halogenated alkanes) is 1. The van der Waals surface area contributed by atoms with Crippen molar-refractivity contribution in [3.05, 3.63) is 0 Å². The molecule has 0 aliphatic carbocycles. The SMILES string of the molecule is CCNCCNC(=O)CCCCC(=O)NCCOC(C)C.[HH].[HH].[HH]. The number of amides is 2. The Kier molecular flexibility index (Phi) is 13.1. The van der Waals surface area contributed by atoms with Crippen LogP contribution in [0.2, 0.25) is 0 Å². The Hall–Kier alpha value is -1.14. The molecule has 0 spiro atoms. The molecule has 6 nitrogen and oxygen atoms in total. The predicted molar refractivity (Wildman–Crippen MR) is 90.5 cm³/mol. The van der Waals surface area contributed by atoms with E-state index in [-0.39, 0.29) is 22.2 Å². The second-order valence-electron chi connectivity index (χ2n) is 5.18. The van der Waals surface area contributed by atoms with Crippen LogP contribution in [0.3, 0.4) is 0 Å². The fraction of sp³-hybridized carbons (Fsp3) is 0.867. The largest absolute Gasteiger partial charge is 0.377 e. The molecule has 0 rings (SSSR count). The van der Waals surface area contributed by atoms with Crippen molar-refractivity contribution in [1.29, 1.82) is 0 Å². The van der Waals surface area contributed by atoms with Gasteiger partial charge in [0.05, 0.1) is 12.7 Å². The molecular weight excluding hydrogens is 270 g/mol. The molecule has 0 unspecified atom stereocenters. The minimum Gasteiger partial charge on any atom is -0.377 e. The van der Waals surface area contributed by atoms with Crippen LogP contribution in [0.5, 0.6) is 0 Å². The van der Waals surface area contributed by atoms with Crippen LogP contribution in [-0.4, -0.2) is 50.7 Å². The van der Waals surface area contributed by atoms with Crippen molar-refractivity contribution in [1.82, 2.24) is 16.0 Å². The molecular formula is C15H37N3O3. The van der Waals surface area contributed by atoms with E-state index in [4.69, 9.17) is 4.74 Å². The minimum absolute atomic E-state index is 0. The first-order valence-electron chi connectivity index (χ1n) is 7.92. The first-order chi connectivity index (χ1) is 10.1.